The van der Waals surface area contributed by atoms with E-state index in [1.807, 2.05) is 39.0 Å². The summed E-state index contributed by atoms with van der Waals surface area (Å²) >= 11 is 0. The predicted molar refractivity (Wildman–Crippen MR) is 150 cm³/mol. The zero-order valence-electron chi connectivity index (χ0n) is 23.2. The molecule has 0 radical (unpaired) electrons. The SMILES string of the molecule is CCOc1cc(C)c(C(=O)N2CC3CN(CCC(NC(=O)C4CCCC4)c4ccccc4)C[C@H]3C2)c(C)c1. The molecule has 5 rings (SSSR count). The largest absolute Gasteiger partial charge is 0.494 e. The van der Waals surface area contributed by atoms with Crippen molar-refractivity contribution in [1.82, 2.24) is 15.1 Å². The molecule has 0 spiro atoms. The highest BCUT2D eigenvalue weighted by atomic mass is 16.5. The fraction of sp³-hybridized carbons (Fsp3) is 0.562. The van der Waals surface area contributed by atoms with Crippen molar-refractivity contribution >= 4 is 11.8 Å². The number of rotatable bonds is 9. The molecule has 6 heteroatoms. The third-order valence-electron chi connectivity index (χ3n) is 8.86. The van der Waals surface area contributed by atoms with Crippen LogP contribution in [-0.4, -0.2) is 60.9 Å². The van der Waals surface area contributed by atoms with Crippen LogP contribution in [-0.2, 0) is 4.79 Å². The summed E-state index contributed by atoms with van der Waals surface area (Å²) in [6.07, 6.45) is 5.29. The molecule has 2 unspecified atom stereocenters. The maximum atomic E-state index is 13.5. The van der Waals surface area contributed by atoms with E-state index in [0.29, 0.717) is 18.4 Å². The van der Waals surface area contributed by atoms with Crippen LogP contribution in [0.25, 0.3) is 0 Å². The highest BCUT2D eigenvalue weighted by Gasteiger charge is 2.42. The van der Waals surface area contributed by atoms with Gasteiger partial charge in [0, 0.05) is 44.2 Å². The number of nitrogens with one attached hydrogen (secondary N) is 1. The fourth-order valence-corrected chi connectivity index (χ4v) is 6.90. The monoisotopic (exact) mass is 517 g/mol. The lowest BCUT2D eigenvalue weighted by molar-refractivity contribution is -0.125. The van der Waals surface area contributed by atoms with E-state index in [9.17, 15) is 9.59 Å². The van der Waals surface area contributed by atoms with Crippen molar-refractivity contribution < 1.29 is 14.3 Å². The molecule has 38 heavy (non-hydrogen) atoms. The van der Waals surface area contributed by atoms with Crippen molar-refractivity contribution in [3.05, 3.63) is 64.7 Å². The van der Waals surface area contributed by atoms with Crippen LogP contribution >= 0.6 is 0 Å². The Balaban J connectivity index is 1.16. The van der Waals surface area contributed by atoms with E-state index in [0.717, 1.165) is 74.4 Å². The van der Waals surface area contributed by atoms with Gasteiger partial charge in [-0.3, -0.25) is 9.59 Å². The van der Waals surface area contributed by atoms with E-state index in [1.165, 1.54) is 18.4 Å². The summed E-state index contributed by atoms with van der Waals surface area (Å²) in [6.45, 7) is 11.3. The van der Waals surface area contributed by atoms with Gasteiger partial charge in [-0.25, -0.2) is 0 Å². The van der Waals surface area contributed by atoms with E-state index in [4.69, 9.17) is 4.74 Å². The third kappa shape index (κ3) is 5.90. The predicted octanol–water partition coefficient (Wildman–Crippen LogP) is 5.14. The van der Waals surface area contributed by atoms with Crippen molar-refractivity contribution in [2.75, 3.05) is 39.3 Å². The van der Waals surface area contributed by atoms with E-state index in [1.54, 1.807) is 0 Å². The van der Waals surface area contributed by atoms with Crippen molar-refractivity contribution in [2.24, 2.45) is 17.8 Å². The second-order valence-corrected chi connectivity index (χ2v) is 11.6. The Kier molecular flexibility index (Phi) is 8.37. The number of fused-ring (bicyclic) bond motifs is 1. The zero-order chi connectivity index (χ0) is 26.6. The molecule has 1 aliphatic carbocycles. The number of carbonyl (C=O) groups is 2. The summed E-state index contributed by atoms with van der Waals surface area (Å²) in [6, 6.07) is 14.4. The number of likely N-dealkylation sites (tertiary alicyclic amines) is 2. The van der Waals surface area contributed by atoms with Gasteiger partial charge in [-0.05, 0) is 80.7 Å². The van der Waals surface area contributed by atoms with Gasteiger partial charge in [0.2, 0.25) is 5.91 Å². The van der Waals surface area contributed by atoms with Crippen LogP contribution in [0.3, 0.4) is 0 Å². The summed E-state index contributed by atoms with van der Waals surface area (Å²) in [4.78, 5) is 31.0. The van der Waals surface area contributed by atoms with Gasteiger partial charge in [-0.1, -0.05) is 43.2 Å². The van der Waals surface area contributed by atoms with Gasteiger partial charge >= 0.3 is 0 Å². The minimum atomic E-state index is 0.0495. The summed E-state index contributed by atoms with van der Waals surface area (Å²) in [7, 11) is 0. The van der Waals surface area contributed by atoms with Crippen molar-refractivity contribution in [3.8, 4) is 5.75 Å². The van der Waals surface area contributed by atoms with Gasteiger partial charge in [0.1, 0.15) is 5.75 Å². The lowest BCUT2D eigenvalue weighted by Gasteiger charge is -2.26. The molecule has 3 atom stereocenters. The van der Waals surface area contributed by atoms with Crippen molar-refractivity contribution in [3.63, 3.8) is 0 Å². The smallest absolute Gasteiger partial charge is 0.254 e. The van der Waals surface area contributed by atoms with Crippen LogP contribution in [0.5, 0.6) is 5.75 Å². The van der Waals surface area contributed by atoms with Crippen LogP contribution in [0.15, 0.2) is 42.5 Å². The quantitative estimate of drug-likeness (QED) is 0.500. The average molecular weight is 518 g/mol. The molecule has 1 saturated carbocycles. The standard InChI is InChI=1S/C32H43N3O3/c1-4-38-28-16-22(2)30(23(3)17-28)32(37)35-20-26-18-34(19-27(26)21-35)15-14-29(24-10-6-5-7-11-24)33-31(36)25-12-8-9-13-25/h5-7,10-11,16-17,25-27,29H,4,8-9,12-15,18-21H2,1-3H3,(H,33,36)/t26-,27?,29?/m0/s1. The van der Waals surface area contributed by atoms with Crippen molar-refractivity contribution in [2.45, 2.75) is 58.9 Å². The van der Waals surface area contributed by atoms with E-state index >= 15 is 0 Å². The number of hydrogen-bond acceptors (Lipinski definition) is 4. The van der Waals surface area contributed by atoms with Gasteiger partial charge in [-0.2, -0.15) is 0 Å². The first-order valence-electron chi connectivity index (χ1n) is 14.5. The summed E-state index contributed by atoms with van der Waals surface area (Å²) < 4.78 is 5.66. The van der Waals surface area contributed by atoms with Gasteiger partial charge in [0.05, 0.1) is 12.6 Å². The molecule has 3 aliphatic rings. The third-order valence-corrected chi connectivity index (χ3v) is 8.86. The highest BCUT2D eigenvalue weighted by molar-refractivity contribution is 5.97. The lowest BCUT2D eigenvalue weighted by atomic mass is 10.0. The Labute approximate surface area is 227 Å². The fourth-order valence-electron chi connectivity index (χ4n) is 6.90. The summed E-state index contributed by atoms with van der Waals surface area (Å²) in [5, 5.41) is 3.38. The Morgan fingerprint density at radius 2 is 1.61 bits per heavy atom. The Morgan fingerprint density at radius 1 is 0.974 bits per heavy atom. The number of aryl methyl sites for hydroxylation is 2. The lowest BCUT2D eigenvalue weighted by Crippen LogP contribution is -2.37. The molecule has 2 amide bonds. The number of carbonyl (C=O) groups excluding carboxylic acids is 2. The van der Waals surface area contributed by atoms with Crippen LogP contribution < -0.4 is 10.1 Å². The van der Waals surface area contributed by atoms with Crippen molar-refractivity contribution in [1.29, 1.82) is 0 Å². The van der Waals surface area contributed by atoms with Crippen LogP contribution in [0.2, 0.25) is 0 Å². The van der Waals surface area contributed by atoms with E-state index < -0.39 is 0 Å². The zero-order valence-corrected chi connectivity index (χ0v) is 23.2. The number of benzene rings is 2. The maximum absolute atomic E-state index is 13.5. The van der Waals surface area contributed by atoms with Gasteiger partial charge in [0.25, 0.3) is 5.91 Å². The van der Waals surface area contributed by atoms with Gasteiger partial charge < -0.3 is 19.9 Å². The number of nitrogens with zero attached hydrogens (tertiary/aromatic N) is 2. The maximum Gasteiger partial charge on any atom is 0.254 e. The molecule has 2 saturated heterocycles. The molecular weight excluding hydrogens is 474 g/mol. The number of amides is 2. The first kappa shape index (κ1) is 26.7. The van der Waals surface area contributed by atoms with Crippen LogP contribution in [0.4, 0.5) is 0 Å². The highest BCUT2D eigenvalue weighted by Crippen LogP contribution is 2.34. The Bertz CT molecular complexity index is 1090. The second-order valence-electron chi connectivity index (χ2n) is 11.6. The van der Waals surface area contributed by atoms with E-state index in [-0.39, 0.29) is 23.8 Å². The van der Waals surface area contributed by atoms with Gasteiger partial charge in [-0.15, -0.1) is 0 Å². The first-order valence-corrected chi connectivity index (χ1v) is 14.5. The number of hydrogen-bond donors (Lipinski definition) is 1. The molecular formula is C32H43N3O3. The minimum Gasteiger partial charge on any atom is -0.494 e. The topological polar surface area (TPSA) is 61.9 Å². The minimum absolute atomic E-state index is 0.0495. The molecule has 2 aromatic carbocycles. The summed E-state index contributed by atoms with van der Waals surface area (Å²) in [5.74, 6) is 2.43. The van der Waals surface area contributed by atoms with Crippen LogP contribution in [0, 0.1) is 31.6 Å². The molecule has 0 aromatic heterocycles. The van der Waals surface area contributed by atoms with Crippen LogP contribution in [0.1, 0.15) is 72.1 Å². The van der Waals surface area contributed by atoms with Gasteiger partial charge in [0.15, 0.2) is 0 Å². The molecule has 204 valence electrons. The number of ether oxygens (including phenoxy) is 1. The first-order chi connectivity index (χ1) is 18.4. The molecule has 6 nitrogen and oxygen atoms in total. The second kappa shape index (κ2) is 11.9. The molecule has 0 bridgehead atoms. The summed E-state index contributed by atoms with van der Waals surface area (Å²) in [5.41, 5.74) is 4.00. The Hall–Kier alpha value is -2.86. The molecule has 1 N–H and O–H groups in total. The molecule has 3 fully saturated rings. The molecule has 2 heterocycles. The Morgan fingerprint density at radius 3 is 2.21 bits per heavy atom. The average Bonchev–Trinajstić information content (AvgIpc) is 3.64. The normalized spacial score (nSPS) is 22.4. The molecule has 2 aromatic rings. The van der Waals surface area contributed by atoms with E-state index in [2.05, 4.69) is 39.4 Å². The molecule has 2 aliphatic heterocycles.